The van der Waals surface area contributed by atoms with Crippen LogP contribution in [0.25, 0.3) is 0 Å². The molecule has 90 valence electrons. The maximum absolute atomic E-state index is 6.05. The van der Waals surface area contributed by atoms with Crippen LogP contribution >= 0.6 is 0 Å². The Morgan fingerprint density at radius 2 is 2.00 bits per heavy atom. The van der Waals surface area contributed by atoms with Crippen LogP contribution in [-0.4, -0.2) is 11.7 Å². The van der Waals surface area contributed by atoms with Crippen molar-refractivity contribution < 1.29 is 4.74 Å². The van der Waals surface area contributed by atoms with Gasteiger partial charge in [-0.3, -0.25) is 0 Å². The van der Waals surface area contributed by atoms with Gasteiger partial charge in [-0.25, -0.2) is 0 Å². The van der Waals surface area contributed by atoms with E-state index in [2.05, 4.69) is 27.7 Å². The van der Waals surface area contributed by atoms with Gasteiger partial charge in [0, 0.05) is 0 Å². The summed E-state index contributed by atoms with van der Waals surface area (Å²) in [5.74, 6) is 4.75. The predicted molar refractivity (Wildman–Crippen MR) is 64.0 cm³/mol. The SMILES string of the molecule is CC(C)[C@H]1CC[C@@]2(C)[C@@H]3CC4O[C@]4(C)[C@H]2[C@H]13. The third-order valence-electron chi connectivity index (χ3n) is 6.84. The number of ether oxygens (including phenoxy) is 1. The zero-order valence-corrected chi connectivity index (χ0v) is 11.0. The summed E-state index contributed by atoms with van der Waals surface area (Å²) in [7, 11) is 0. The van der Waals surface area contributed by atoms with E-state index in [0.29, 0.717) is 17.1 Å². The van der Waals surface area contributed by atoms with Crippen LogP contribution in [0.15, 0.2) is 0 Å². The van der Waals surface area contributed by atoms with Crippen LogP contribution in [0, 0.1) is 35.0 Å². The van der Waals surface area contributed by atoms with Crippen molar-refractivity contribution in [1.29, 1.82) is 0 Å². The Morgan fingerprint density at radius 3 is 2.62 bits per heavy atom. The van der Waals surface area contributed by atoms with Crippen molar-refractivity contribution in [3.05, 3.63) is 0 Å². The van der Waals surface area contributed by atoms with Crippen molar-refractivity contribution in [1.82, 2.24) is 0 Å². The van der Waals surface area contributed by atoms with E-state index in [1.165, 1.54) is 19.3 Å². The van der Waals surface area contributed by atoms with Crippen molar-refractivity contribution in [2.24, 2.45) is 35.0 Å². The van der Waals surface area contributed by atoms with Crippen molar-refractivity contribution >= 4 is 0 Å². The molecule has 4 aliphatic carbocycles. The summed E-state index contributed by atoms with van der Waals surface area (Å²) >= 11 is 0. The van der Waals surface area contributed by atoms with Gasteiger partial charge in [0.25, 0.3) is 0 Å². The molecule has 0 spiro atoms. The molecule has 1 heteroatoms. The number of hydrogen-bond donors (Lipinski definition) is 0. The Morgan fingerprint density at radius 1 is 1.25 bits per heavy atom. The van der Waals surface area contributed by atoms with Gasteiger partial charge in [0.05, 0.1) is 11.7 Å². The molecule has 16 heavy (non-hydrogen) atoms. The lowest BCUT2D eigenvalue weighted by Gasteiger charge is -2.71. The van der Waals surface area contributed by atoms with E-state index in [0.717, 1.165) is 29.6 Å². The minimum absolute atomic E-state index is 0.293. The van der Waals surface area contributed by atoms with E-state index < -0.39 is 0 Å². The highest BCUT2D eigenvalue weighted by molar-refractivity contribution is 5.27. The van der Waals surface area contributed by atoms with Gasteiger partial charge in [-0.1, -0.05) is 20.8 Å². The second-order valence-corrected chi connectivity index (χ2v) is 7.64. The van der Waals surface area contributed by atoms with Crippen LogP contribution < -0.4 is 0 Å². The zero-order chi connectivity index (χ0) is 11.3. The highest BCUT2D eigenvalue weighted by Crippen LogP contribution is 2.78. The molecule has 5 aliphatic rings. The number of hydrogen-bond acceptors (Lipinski definition) is 1. The Bertz CT molecular complexity index is 349. The summed E-state index contributed by atoms with van der Waals surface area (Å²) in [6.45, 7) is 9.80. The molecule has 1 aliphatic heterocycles. The third-order valence-corrected chi connectivity index (χ3v) is 6.84. The topological polar surface area (TPSA) is 12.5 Å². The Labute approximate surface area is 98.9 Å². The molecule has 1 nitrogen and oxygen atoms in total. The fourth-order valence-corrected chi connectivity index (χ4v) is 6.08. The summed E-state index contributed by atoms with van der Waals surface area (Å²) < 4.78 is 6.05. The van der Waals surface area contributed by atoms with Crippen LogP contribution in [0.2, 0.25) is 0 Å². The number of epoxide rings is 1. The minimum Gasteiger partial charge on any atom is -0.366 e. The summed E-state index contributed by atoms with van der Waals surface area (Å²) in [4.78, 5) is 0. The van der Waals surface area contributed by atoms with Crippen LogP contribution in [-0.2, 0) is 4.74 Å². The van der Waals surface area contributed by atoms with E-state index in [1.54, 1.807) is 0 Å². The molecule has 0 aromatic rings. The van der Waals surface area contributed by atoms with Gasteiger partial charge in [-0.15, -0.1) is 0 Å². The molecule has 0 aromatic heterocycles. The first-order chi connectivity index (χ1) is 7.48. The number of fused-ring (bicyclic) bond motifs is 3. The normalized spacial score (nSPS) is 66.2. The molecule has 5 rings (SSSR count). The van der Waals surface area contributed by atoms with E-state index in [-0.39, 0.29) is 0 Å². The molecule has 4 saturated carbocycles. The van der Waals surface area contributed by atoms with Crippen molar-refractivity contribution in [3.8, 4) is 0 Å². The lowest BCUT2D eigenvalue weighted by Crippen LogP contribution is -2.69. The fourth-order valence-electron chi connectivity index (χ4n) is 6.08. The maximum atomic E-state index is 6.05. The lowest BCUT2D eigenvalue weighted by molar-refractivity contribution is -0.227. The Kier molecular flexibility index (Phi) is 1.57. The highest BCUT2D eigenvalue weighted by atomic mass is 16.6. The summed E-state index contributed by atoms with van der Waals surface area (Å²) in [6.07, 6.45) is 4.95. The van der Waals surface area contributed by atoms with Gasteiger partial charge in [0.1, 0.15) is 0 Å². The molecule has 1 unspecified atom stereocenters. The molecule has 0 radical (unpaired) electrons. The monoisotopic (exact) mass is 220 g/mol. The lowest BCUT2D eigenvalue weighted by atomic mass is 9.32. The van der Waals surface area contributed by atoms with E-state index in [9.17, 15) is 0 Å². The summed E-state index contributed by atoms with van der Waals surface area (Å²) in [5, 5.41) is 0. The summed E-state index contributed by atoms with van der Waals surface area (Å²) in [6, 6.07) is 0. The molecule has 0 amide bonds. The molecular weight excluding hydrogens is 196 g/mol. The second-order valence-electron chi connectivity index (χ2n) is 7.64. The van der Waals surface area contributed by atoms with E-state index in [4.69, 9.17) is 4.74 Å². The van der Waals surface area contributed by atoms with E-state index >= 15 is 0 Å². The average Bonchev–Trinajstić information content (AvgIpc) is 2.89. The largest absolute Gasteiger partial charge is 0.366 e. The van der Waals surface area contributed by atoms with Crippen LogP contribution in [0.1, 0.15) is 47.0 Å². The first-order valence-corrected chi connectivity index (χ1v) is 7.16. The first-order valence-electron chi connectivity index (χ1n) is 7.16. The Balaban J connectivity index is 1.73. The van der Waals surface area contributed by atoms with Crippen molar-refractivity contribution in [3.63, 3.8) is 0 Å². The Hall–Kier alpha value is -0.0400. The zero-order valence-electron chi connectivity index (χ0n) is 11.0. The van der Waals surface area contributed by atoms with Crippen LogP contribution in [0.5, 0.6) is 0 Å². The fraction of sp³-hybridized carbons (Fsp3) is 1.00. The first kappa shape index (κ1) is 9.94. The van der Waals surface area contributed by atoms with Gasteiger partial charge in [0.15, 0.2) is 0 Å². The molecule has 0 N–H and O–H groups in total. The molecule has 5 fully saturated rings. The maximum Gasteiger partial charge on any atom is 0.0956 e. The molecule has 1 saturated heterocycles. The quantitative estimate of drug-likeness (QED) is 0.616. The van der Waals surface area contributed by atoms with Crippen LogP contribution in [0.3, 0.4) is 0 Å². The number of rotatable bonds is 1. The average molecular weight is 220 g/mol. The summed E-state index contributed by atoms with van der Waals surface area (Å²) in [5.41, 5.74) is 0.944. The molecular formula is C15H24O. The van der Waals surface area contributed by atoms with Crippen molar-refractivity contribution in [2.45, 2.75) is 58.7 Å². The van der Waals surface area contributed by atoms with Gasteiger partial charge in [0.2, 0.25) is 0 Å². The molecule has 0 aromatic carbocycles. The third kappa shape index (κ3) is 0.836. The van der Waals surface area contributed by atoms with Crippen molar-refractivity contribution in [2.75, 3.05) is 0 Å². The van der Waals surface area contributed by atoms with Crippen LogP contribution in [0.4, 0.5) is 0 Å². The van der Waals surface area contributed by atoms with Gasteiger partial charge >= 0.3 is 0 Å². The smallest absolute Gasteiger partial charge is 0.0956 e. The molecule has 7 atom stereocenters. The van der Waals surface area contributed by atoms with E-state index in [1.807, 2.05) is 0 Å². The van der Waals surface area contributed by atoms with Gasteiger partial charge in [-0.2, -0.15) is 0 Å². The minimum atomic E-state index is 0.293. The standard InChI is InChI=1S/C15H24O/c1-8(2)9-5-6-14(3)10-7-11-15(4,16-11)13(14)12(9)10/h8-13H,5-7H2,1-4H3/t9-,10-,11?,12-,13+,14+,15+/m1/s1. The van der Waals surface area contributed by atoms with Gasteiger partial charge < -0.3 is 4.74 Å². The highest BCUT2D eigenvalue weighted by Gasteiger charge is 2.79. The predicted octanol–water partition coefficient (Wildman–Crippen LogP) is 3.48. The molecule has 1 heterocycles. The van der Waals surface area contributed by atoms with Gasteiger partial charge in [-0.05, 0) is 61.2 Å². The molecule has 4 bridgehead atoms. The second kappa shape index (κ2) is 2.53.